The van der Waals surface area contributed by atoms with Crippen LogP contribution in [0.1, 0.15) is 19.8 Å². The second-order valence-electron chi connectivity index (χ2n) is 5.00. The summed E-state index contributed by atoms with van der Waals surface area (Å²) in [6.07, 6.45) is 1.60. The average molecular weight is 277 g/mol. The molecule has 0 aliphatic carbocycles. The van der Waals surface area contributed by atoms with E-state index in [1.54, 1.807) is 0 Å². The van der Waals surface area contributed by atoms with E-state index >= 15 is 0 Å². The van der Waals surface area contributed by atoms with E-state index < -0.39 is 6.04 Å². The maximum atomic E-state index is 12.1. The summed E-state index contributed by atoms with van der Waals surface area (Å²) in [6.45, 7) is 5.14. The van der Waals surface area contributed by atoms with Crippen molar-refractivity contribution < 1.29 is 9.53 Å². The smallest absolute Gasteiger partial charge is 0.241 e. The molecule has 0 bridgehead atoms. The minimum atomic E-state index is -0.447. The predicted molar refractivity (Wildman–Crippen MR) is 81.0 cm³/mol. The zero-order chi connectivity index (χ0) is 14.4. The van der Waals surface area contributed by atoms with Gasteiger partial charge in [0.05, 0.1) is 30.6 Å². The third kappa shape index (κ3) is 3.71. The fourth-order valence-corrected chi connectivity index (χ4v) is 2.33. The average Bonchev–Trinajstić information content (AvgIpc) is 2.49. The number of anilines is 2. The van der Waals surface area contributed by atoms with E-state index in [1.165, 1.54) is 0 Å². The molecule has 1 atom stereocenters. The van der Waals surface area contributed by atoms with Gasteiger partial charge in [-0.2, -0.15) is 0 Å². The lowest BCUT2D eigenvalue weighted by atomic mass is 10.1. The summed E-state index contributed by atoms with van der Waals surface area (Å²) in [6, 6.07) is 7.39. The number of morpholine rings is 1. The van der Waals surface area contributed by atoms with Crippen molar-refractivity contribution in [3.05, 3.63) is 24.3 Å². The molecule has 5 nitrogen and oxygen atoms in total. The number of rotatable bonds is 5. The predicted octanol–water partition coefficient (Wildman–Crippen LogP) is 1.59. The monoisotopic (exact) mass is 277 g/mol. The highest BCUT2D eigenvalue weighted by Crippen LogP contribution is 2.26. The number of hydrogen-bond donors (Lipinski definition) is 2. The first-order valence-electron chi connectivity index (χ1n) is 7.20. The van der Waals surface area contributed by atoms with Crippen LogP contribution in [0.3, 0.4) is 0 Å². The molecule has 0 aromatic heterocycles. The van der Waals surface area contributed by atoms with Gasteiger partial charge >= 0.3 is 0 Å². The van der Waals surface area contributed by atoms with Gasteiger partial charge in [0.2, 0.25) is 5.91 Å². The van der Waals surface area contributed by atoms with Crippen molar-refractivity contribution in [2.24, 2.45) is 5.73 Å². The van der Waals surface area contributed by atoms with E-state index in [-0.39, 0.29) is 5.91 Å². The molecule has 1 aliphatic rings. The maximum Gasteiger partial charge on any atom is 0.241 e. The van der Waals surface area contributed by atoms with E-state index in [0.717, 1.165) is 44.1 Å². The number of nitrogens with one attached hydrogen (secondary N) is 1. The lowest BCUT2D eigenvalue weighted by Crippen LogP contribution is -2.38. The molecule has 1 heterocycles. The van der Waals surface area contributed by atoms with Gasteiger partial charge in [-0.15, -0.1) is 0 Å². The van der Waals surface area contributed by atoms with Gasteiger partial charge in [0.25, 0.3) is 0 Å². The third-order valence-corrected chi connectivity index (χ3v) is 3.45. The van der Waals surface area contributed by atoms with Crippen LogP contribution in [0.5, 0.6) is 0 Å². The highest BCUT2D eigenvalue weighted by molar-refractivity contribution is 5.97. The molecule has 1 fully saturated rings. The van der Waals surface area contributed by atoms with Gasteiger partial charge in [-0.3, -0.25) is 4.79 Å². The molecule has 2 rings (SSSR count). The molecule has 0 spiro atoms. The lowest BCUT2D eigenvalue weighted by molar-refractivity contribution is -0.117. The van der Waals surface area contributed by atoms with Crippen molar-refractivity contribution in [1.29, 1.82) is 0 Å². The molecule has 3 N–H and O–H groups in total. The number of nitrogens with zero attached hydrogens (tertiary/aromatic N) is 1. The largest absolute Gasteiger partial charge is 0.378 e. The van der Waals surface area contributed by atoms with Crippen LogP contribution in [0.15, 0.2) is 24.3 Å². The lowest BCUT2D eigenvalue weighted by Gasteiger charge is -2.30. The number of ether oxygens (including phenoxy) is 1. The van der Waals surface area contributed by atoms with Crippen LogP contribution in [0.25, 0.3) is 0 Å². The molecule has 0 saturated carbocycles. The first kappa shape index (κ1) is 14.8. The Balaban J connectivity index is 2.09. The van der Waals surface area contributed by atoms with Crippen molar-refractivity contribution in [3.63, 3.8) is 0 Å². The summed E-state index contributed by atoms with van der Waals surface area (Å²) in [5.74, 6) is -0.118. The van der Waals surface area contributed by atoms with Gasteiger partial charge in [0.15, 0.2) is 0 Å². The Labute approximate surface area is 120 Å². The minimum absolute atomic E-state index is 0.118. The maximum absolute atomic E-state index is 12.1. The van der Waals surface area contributed by atoms with Gasteiger partial charge in [0, 0.05) is 13.1 Å². The summed E-state index contributed by atoms with van der Waals surface area (Å²) >= 11 is 0. The molecule has 1 aliphatic heterocycles. The fourth-order valence-electron chi connectivity index (χ4n) is 2.33. The number of hydrogen-bond acceptors (Lipinski definition) is 4. The third-order valence-electron chi connectivity index (χ3n) is 3.45. The second kappa shape index (κ2) is 7.26. The van der Waals surface area contributed by atoms with Gasteiger partial charge in [-0.1, -0.05) is 25.5 Å². The van der Waals surface area contributed by atoms with Gasteiger partial charge in [0.1, 0.15) is 0 Å². The van der Waals surface area contributed by atoms with Crippen molar-refractivity contribution in [2.75, 3.05) is 36.5 Å². The number of amides is 1. The molecule has 1 amide bonds. The molecule has 1 aromatic carbocycles. The second-order valence-corrected chi connectivity index (χ2v) is 5.00. The topological polar surface area (TPSA) is 67.6 Å². The van der Waals surface area contributed by atoms with Crippen molar-refractivity contribution >= 4 is 17.3 Å². The van der Waals surface area contributed by atoms with Gasteiger partial charge < -0.3 is 20.7 Å². The molecule has 1 saturated heterocycles. The van der Waals surface area contributed by atoms with Gasteiger partial charge in [-0.05, 0) is 18.6 Å². The molecular weight excluding hydrogens is 254 g/mol. The fraction of sp³-hybridized carbons (Fsp3) is 0.533. The Hall–Kier alpha value is -1.59. The molecule has 1 unspecified atom stereocenters. The first-order chi connectivity index (χ1) is 9.72. The van der Waals surface area contributed by atoms with Crippen LogP contribution in [0, 0.1) is 0 Å². The summed E-state index contributed by atoms with van der Waals surface area (Å²) in [4.78, 5) is 14.3. The van der Waals surface area contributed by atoms with Crippen LogP contribution in [0.4, 0.5) is 11.4 Å². The number of nitrogens with two attached hydrogens (primary N) is 1. The van der Waals surface area contributed by atoms with Crippen LogP contribution in [-0.2, 0) is 9.53 Å². The Morgan fingerprint density at radius 2 is 2.10 bits per heavy atom. The Bertz CT molecular complexity index is 444. The molecular formula is C15H23N3O2. The number of para-hydroxylation sites is 2. The molecule has 20 heavy (non-hydrogen) atoms. The van der Waals surface area contributed by atoms with Crippen molar-refractivity contribution in [3.8, 4) is 0 Å². The Morgan fingerprint density at radius 3 is 2.80 bits per heavy atom. The molecule has 1 aromatic rings. The normalized spacial score (nSPS) is 16.8. The summed E-state index contributed by atoms with van der Waals surface area (Å²) in [5, 5.41) is 2.95. The van der Waals surface area contributed by atoms with Crippen LogP contribution >= 0.6 is 0 Å². The minimum Gasteiger partial charge on any atom is -0.378 e. The van der Waals surface area contributed by atoms with E-state index in [1.807, 2.05) is 31.2 Å². The van der Waals surface area contributed by atoms with E-state index in [9.17, 15) is 4.79 Å². The van der Waals surface area contributed by atoms with Crippen molar-refractivity contribution in [1.82, 2.24) is 0 Å². The van der Waals surface area contributed by atoms with E-state index in [0.29, 0.717) is 6.42 Å². The summed E-state index contributed by atoms with van der Waals surface area (Å²) < 4.78 is 5.36. The number of carbonyl (C=O) groups is 1. The quantitative estimate of drug-likeness (QED) is 0.857. The number of carbonyl (C=O) groups excluding carboxylic acids is 1. The van der Waals surface area contributed by atoms with Crippen molar-refractivity contribution in [2.45, 2.75) is 25.8 Å². The van der Waals surface area contributed by atoms with E-state index in [2.05, 4.69) is 10.2 Å². The van der Waals surface area contributed by atoms with Gasteiger partial charge in [-0.25, -0.2) is 0 Å². The summed E-state index contributed by atoms with van der Waals surface area (Å²) in [5.41, 5.74) is 7.72. The molecule has 110 valence electrons. The molecule has 5 heteroatoms. The first-order valence-corrected chi connectivity index (χ1v) is 7.20. The van der Waals surface area contributed by atoms with Crippen LogP contribution < -0.4 is 16.0 Å². The zero-order valence-corrected chi connectivity index (χ0v) is 12.0. The summed E-state index contributed by atoms with van der Waals surface area (Å²) in [7, 11) is 0. The Kier molecular flexibility index (Phi) is 5.38. The standard InChI is InChI=1S/C15H23N3O2/c1-2-5-12(16)15(19)17-13-6-3-4-7-14(13)18-8-10-20-11-9-18/h3-4,6-7,12H,2,5,8-11,16H2,1H3,(H,17,19). The number of benzene rings is 1. The molecule has 0 radical (unpaired) electrons. The SMILES string of the molecule is CCCC(N)C(=O)Nc1ccccc1N1CCOCC1. The van der Waals surface area contributed by atoms with Crippen LogP contribution in [-0.4, -0.2) is 38.3 Å². The zero-order valence-electron chi connectivity index (χ0n) is 12.0. The van der Waals surface area contributed by atoms with Crippen LogP contribution in [0.2, 0.25) is 0 Å². The Morgan fingerprint density at radius 1 is 1.40 bits per heavy atom. The van der Waals surface area contributed by atoms with E-state index in [4.69, 9.17) is 10.5 Å². The highest BCUT2D eigenvalue weighted by Gasteiger charge is 2.18. The highest BCUT2D eigenvalue weighted by atomic mass is 16.5.